The summed E-state index contributed by atoms with van der Waals surface area (Å²) in [5, 5.41) is 8.85. The molecule has 13 heavy (non-hydrogen) atoms. The van der Waals surface area contributed by atoms with E-state index in [1.165, 1.54) is 25.7 Å². The molecular formula is C10H17NO2. The molecule has 0 aromatic heterocycles. The van der Waals surface area contributed by atoms with Gasteiger partial charge < -0.3 is 5.11 Å². The summed E-state index contributed by atoms with van der Waals surface area (Å²) in [5.74, 6) is -0.707. The van der Waals surface area contributed by atoms with Crippen LogP contribution in [0.1, 0.15) is 32.1 Å². The van der Waals surface area contributed by atoms with E-state index >= 15 is 0 Å². The van der Waals surface area contributed by atoms with Crippen molar-refractivity contribution < 1.29 is 9.90 Å². The number of aliphatic carboxylic acids is 1. The van der Waals surface area contributed by atoms with Gasteiger partial charge in [0, 0.05) is 12.6 Å². The summed E-state index contributed by atoms with van der Waals surface area (Å²) in [6.07, 6.45) is 6.09. The van der Waals surface area contributed by atoms with Crippen molar-refractivity contribution in [1.29, 1.82) is 0 Å². The molecule has 0 aromatic carbocycles. The fraction of sp³-hybridized carbons (Fsp3) is 0.900. The Morgan fingerprint density at radius 2 is 1.92 bits per heavy atom. The summed E-state index contributed by atoms with van der Waals surface area (Å²) >= 11 is 0. The Morgan fingerprint density at radius 3 is 2.46 bits per heavy atom. The van der Waals surface area contributed by atoms with Crippen LogP contribution in [0.15, 0.2) is 0 Å². The third kappa shape index (κ3) is 1.85. The van der Waals surface area contributed by atoms with Crippen molar-refractivity contribution in [3.8, 4) is 0 Å². The quantitative estimate of drug-likeness (QED) is 0.702. The van der Waals surface area contributed by atoms with Gasteiger partial charge in [0.1, 0.15) is 0 Å². The van der Waals surface area contributed by atoms with E-state index < -0.39 is 5.97 Å². The minimum atomic E-state index is -0.611. The van der Waals surface area contributed by atoms with Gasteiger partial charge in [0.15, 0.2) is 0 Å². The first-order chi connectivity index (χ1) is 6.27. The van der Waals surface area contributed by atoms with Crippen molar-refractivity contribution in [3.05, 3.63) is 0 Å². The lowest BCUT2D eigenvalue weighted by Gasteiger charge is -2.22. The van der Waals surface area contributed by atoms with Crippen LogP contribution in [0.5, 0.6) is 0 Å². The number of nitrogens with zero attached hydrogens (tertiary/aromatic N) is 1. The summed E-state index contributed by atoms with van der Waals surface area (Å²) < 4.78 is 0. The van der Waals surface area contributed by atoms with Crippen LogP contribution in [-0.4, -0.2) is 35.1 Å². The number of rotatable bonds is 2. The molecule has 2 aliphatic rings. The predicted octanol–water partition coefficient (Wildman–Crippen LogP) is 1.34. The number of carbonyl (C=O) groups is 1. The third-order valence-electron chi connectivity index (χ3n) is 3.41. The Balaban J connectivity index is 1.86. The highest BCUT2D eigenvalue weighted by molar-refractivity contribution is 5.70. The minimum Gasteiger partial charge on any atom is -0.481 e. The van der Waals surface area contributed by atoms with Gasteiger partial charge in [-0.3, -0.25) is 9.69 Å². The molecule has 0 radical (unpaired) electrons. The molecular weight excluding hydrogens is 166 g/mol. The molecule has 2 rings (SSSR count). The lowest BCUT2D eigenvalue weighted by molar-refractivity contribution is -0.141. The number of hydrogen-bond acceptors (Lipinski definition) is 2. The first kappa shape index (κ1) is 9.00. The molecule has 1 saturated heterocycles. The van der Waals surface area contributed by atoms with Gasteiger partial charge in [-0.1, -0.05) is 12.8 Å². The van der Waals surface area contributed by atoms with Crippen LogP contribution in [0.25, 0.3) is 0 Å². The molecule has 1 aliphatic carbocycles. The van der Waals surface area contributed by atoms with Crippen molar-refractivity contribution in [2.24, 2.45) is 5.92 Å². The molecule has 0 unspecified atom stereocenters. The molecule has 1 heterocycles. The normalized spacial score (nSPS) is 31.2. The summed E-state index contributed by atoms with van der Waals surface area (Å²) in [5.41, 5.74) is 0. The van der Waals surface area contributed by atoms with E-state index in [-0.39, 0.29) is 5.92 Å². The Hall–Kier alpha value is -0.570. The number of likely N-dealkylation sites (tertiary alicyclic amines) is 1. The van der Waals surface area contributed by atoms with Crippen LogP contribution in [0.4, 0.5) is 0 Å². The zero-order valence-corrected chi connectivity index (χ0v) is 7.91. The van der Waals surface area contributed by atoms with Gasteiger partial charge in [-0.25, -0.2) is 0 Å². The lowest BCUT2D eigenvalue weighted by atomic mass is 10.1. The van der Waals surface area contributed by atoms with Crippen molar-refractivity contribution in [2.75, 3.05) is 13.1 Å². The molecule has 1 saturated carbocycles. The topological polar surface area (TPSA) is 40.5 Å². The van der Waals surface area contributed by atoms with Crippen LogP contribution in [0.2, 0.25) is 0 Å². The van der Waals surface area contributed by atoms with Gasteiger partial charge in [-0.15, -0.1) is 0 Å². The fourth-order valence-electron chi connectivity index (χ4n) is 2.59. The average molecular weight is 183 g/mol. The maximum absolute atomic E-state index is 10.7. The highest BCUT2D eigenvalue weighted by atomic mass is 16.4. The molecule has 3 heteroatoms. The SMILES string of the molecule is O=C(O)[C@@H]1CCN(C2CCCC2)C1. The van der Waals surface area contributed by atoms with E-state index in [1.807, 2.05) is 0 Å². The van der Waals surface area contributed by atoms with Crippen molar-refractivity contribution in [3.63, 3.8) is 0 Å². The van der Waals surface area contributed by atoms with Crippen LogP contribution < -0.4 is 0 Å². The maximum Gasteiger partial charge on any atom is 0.307 e. The van der Waals surface area contributed by atoms with E-state index in [1.54, 1.807) is 0 Å². The van der Waals surface area contributed by atoms with Crippen molar-refractivity contribution >= 4 is 5.97 Å². The first-order valence-corrected chi connectivity index (χ1v) is 5.24. The van der Waals surface area contributed by atoms with E-state index in [0.29, 0.717) is 6.04 Å². The monoisotopic (exact) mass is 183 g/mol. The average Bonchev–Trinajstić information content (AvgIpc) is 2.75. The smallest absolute Gasteiger partial charge is 0.307 e. The Morgan fingerprint density at radius 1 is 1.23 bits per heavy atom. The van der Waals surface area contributed by atoms with Gasteiger partial charge in [0.25, 0.3) is 0 Å². The van der Waals surface area contributed by atoms with E-state index in [2.05, 4.69) is 4.90 Å². The third-order valence-corrected chi connectivity index (χ3v) is 3.41. The lowest BCUT2D eigenvalue weighted by Crippen LogP contribution is -2.31. The van der Waals surface area contributed by atoms with Crippen LogP contribution in [0.3, 0.4) is 0 Å². The molecule has 0 aromatic rings. The largest absolute Gasteiger partial charge is 0.481 e. The fourth-order valence-corrected chi connectivity index (χ4v) is 2.59. The number of hydrogen-bond donors (Lipinski definition) is 1. The molecule has 74 valence electrons. The highest BCUT2D eigenvalue weighted by Crippen LogP contribution is 2.28. The second-order valence-corrected chi connectivity index (χ2v) is 4.26. The van der Waals surface area contributed by atoms with Gasteiger partial charge >= 0.3 is 5.97 Å². The van der Waals surface area contributed by atoms with E-state index in [4.69, 9.17) is 5.11 Å². The van der Waals surface area contributed by atoms with Crippen molar-refractivity contribution in [1.82, 2.24) is 4.90 Å². The predicted molar refractivity (Wildman–Crippen MR) is 49.6 cm³/mol. The molecule has 1 aliphatic heterocycles. The van der Waals surface area contributed by atoms with Gasteiger partial charge in [-0.05, 0) is 25.8 Å². The van der Waals surface area contributed by atoms with E-state index in [0.717, 1.165) is 19.5 Å². The standard InChI is InChI=1S/C10H17NO2/c12-10(13)8-5-6-11(7-8)9-3-1-2-4-9/h8-9H,1-7H2,(H,12,13)/t8-/m1/s1. The Bertz CT molecular complexity index is 199. The second kappa shape index (κ2) is 3.66. The van der Waals surface area contributed by atoms with Gasteiger partial charge in [0.05, 0.1) is 5.92 Å². The molecule has 0 amide bonds. The molecule has 2 fully saturated rings. The Kier molecular flexibility index (Phi) is 2.54. The van der Waals surface area contributed by atoms with Gasteiger partial charge in [-0.2, -0.15) is 0 Å². The molecule has 3 nitrogen and oxygen atoms in total. The van der Waals surface area contributed by atoms with Crippen LogP contribution in [0, 0.1) is 5.92 Å². The zero-order valence-electron chi connectivity index (χ0n) is 7.91. The molecule has 1 atom stereocenters. The maximum atomic E-state index is 10.7. The molecule has 0 spiro atoms. The zero-order chi connectivity index (χ0) is 9.26. The summed E-state index contributed by atoms with van der Waals surface area (Å²) in [7, 11) is 0. The minimum absolute atomic E-state index is 0.0967. The van der Waals surface area contributed by atoms with E-state index in [9.17, 15) is 4.79 Å². The van der Waals surface area contributed by atoms with Crippen LogP contribution >= 0.6 is 0 Å². The van der Waals surface area contributed by atoms with Crippen molar-refractivity contribution in [2.45, 2.75) is 38.1 Å². The highest BCUT2D eigenvalue weighted by Gasteiger charge is 2.32. The Labute approximate surface area is 78.7 Å². The molecule has 0 bridgehead atoms. The summed E-state index contributed by atoms with van der Waals surface area (Å²) in [4.78, 5) is 13.1. The van der Waals surface area contributed by atoms with Gasteiger partial charge in [0.2, 0.25) is 0 Å². The molecule has 1 N–H and O–H groups in total. The summed E-state index contributed by atoms with van der Waals surface area (Å²) in [6.45, 7) is 1.79. The number of carboxylic acids is 1. The summed E-state index contributed by atoms with van der Waals surface area (Å²) in [6, 6.07) is 0.698. The second-order valence-electron chi connectivity index (χ2n) is 4.26. The van der Waals surface area contributed by atoms with Crippen LogP contribution in [-0.2, 0) is 4.79 Å². The first-order valence-electron chi connectivity index (χ1n) is 5.24. The number of carboxylic acid groups (broad SMARTS) is 1.